The number of rotatable bonds is 4. The van der Waals surface area contributed by atoms with Crippen molar-refractivity contribution in [3.63, 3.8) is 0 Å². The van der Waals surface area contributed by atoms with E-state index in [2.05, 4.69) is 12.2 Å². The molecule has 1 amide bonds. The highest BCUT2D eigenvalue weighted by Crippen LogP contribution is 2.24. The fourth-order valence-corrected chi connectivity index (χ4v) is 2.67. The number of carbonyl (C=O) groups excluding carboxylic acids is 1. The van der Waals surface area contributed by atoms with E-state index >= 15 is 0 Å². The lowest BCUT2D eigenvalue weighted by Gasteiger charge is -2.13. The molecule has 0 radical (unpaired) electrons. The van der Waals surface area contributed by atoms with E-state index in [9.17, 15) is 9.59 Å². The van der Waals surface area contributed by atoms with Gasteiger partial charge in [-0.05, 0) is 36.8 Å². The number of carbonyl (C=O) groups is 2. The fraction of sp³-hybridized carbons (Fsp3) is 0.467. The van der Waals surface area contributed by atoms with Crippen molar-refractivity contribution >= 4 is 11.9 Å². The van der Waals surface area contributed by atoms with Gasteiger partial charge in [0, 0.05) is 6.04 Å². The quantitative estimate of drug-likeness (QED) is 0.873. The van der Waals surface area contributed by atoms with Crippen molar-refractivity contribution in [3.8, 4) is 0 Å². The molecule has 1 aromatic rings. The average molecular weight is 261 g/mol. The lowest BCUT2D eigenvalue weighted by Crippen LogP contribution is -2.34. The summed E-state index contributed by atoms with van der Waals surface area (Å²) in [5, 5.41) is 12.1. The number of hydrogen-bond donors (Lipinski definition) is 2. The standard InChI is InChI=1S/C15H19NO3/c1-10-6-7-12(8-10)16-14(17)9-11-4-2-3-5-13(11)15(18)19/h2-5,10,12H,6-9H2,1H3,(H,16,17)(H,18,19). The molecule has 1 fully saturated rings. The molecule has 2 unspecified atom stereocenters. The van der Waals surface area contributed by atoms with Crippen LogP contribution in [0.3, 0.4) is 0 Å². The molecule has 19 heavy (non-hydrogen) atoms. The maximum atomic E-state index is 11.9. The number of hydrogen-bond acceptors (Lipinski definition) is 2. The molecule has 0 heterocycles. The third-order valence-corrected chi connectivity index (χ3v) is 3.66. The number of nitrogens with one attached hydrogen (secondary N) is 1. The second-order valence-corrected chi connectivity index (χ2v) is 5.32. The largest absolute Gasteiger partial charge is 0.478 e. The van der Waals surface area contributed by atoms with Crippen molar-refractivity contribution in [2.75, 3.05) is 0 Å². The first-order chi connectivity index (χ1) is 9.06. The molecule has 2 N–H and O–H groups in total. The number of benzene rings is 1. The Labute approximate surface area is 112 Å². The zero-order valence-electron chi connectivity index (χ0n) is 11.1. The third kappa shape index (κ3) is 3.56. The van der Waals surface area contributed by atoms with Gasteiger partial charge < -0.3 is 10.4 Å². The van der Waals surface area contributed by atoms with Gasteiger partial charge in [-0.1, -0.05) is 25.1 Å². The minimum absolute atomic E-state index is 0.0900. The van der Waals surface area contributed by atoms with Gasteiger partial charge in [-0.2, -0.15) is 0 Å². The first kappa shape index (κ1) is 13.6. The molecule has 0 spiro atoms. The maximum absolute atomic E-state index is 11.9. The van der Waals surface area contributed by atoms with Crippen LogP contribution in [0.5, 0.6) is 0 Å². The number of aromatic carboxylic acids is 1. The molecule has 4 nitrogen and oxygen atoms in total. The second-order valence-electron chi connectivity index (χ2n) is 5.32. The first-order valence-corrected chi connectivity index (χ1v) is 6.67. The Morgan fingerprint density at radius 3 is 2.68 bits per heavy atom. The molecule has 0 aliphatic heterocycles. The summed E-state index contributed by atoms with van der Waals surface area (Å²) >= 11 is 0. The second kappa shape index (κ2) is 5.87. The number of carboxylic acids is 1. The van der Waals surface area contributed by atoms with Gasteiger partial charge in [0.15, 0.2) is 0 Å². The molecule has 0 aromatic heterocycles. The molecule has 1 aromatic carbocycles. The van der Waals surface area contributed by atoms with Gasteiger partial charge in [0.2, 0.25) is 5.91 Å². The highest BCUT2D eigenvalue weighted by molar-refractivity contribution is 5.91. The van der Waals surface area contributed by atoms with Crippen LogP contribution in [0, 0.1) is 5.92 Å². The molecule has 4 heteroatoms. The number of carboxylic acid groups (broad SMARTS) is 1. The molecule has 102 valence electrons. The Morgan fingerprint density at radius 1 is 1.32 bits per heavy atom. The smallest absolute Gasteiger partial charge is 0.335 e. The summed E-state index contributed by atoms with van der Waals surface area (Å²) in [7, 11) is 0. The molecule has 0 saturated heterocycles. The van der Waals surface area contributed by atoms with E-state index in [1.165, 1.54) is 6.07 Å². The lowest BCUT2D eigenvalue weighted by molar-refractivity contribution is -0.121. The highest BCUT2D eigenvalue weighted by atomic mass is 16.4. The molecule has 0 bridgehead atoms. The first-order valence-electron chi connectivity index (χ1n) is 6.67. The van der Waals surface area contributed by atoms with Gasteiger partial charge in [-0.3, -0.25) is 4.79 Å². The van der Waals surface area contributed by atoms with Gasteiger partial charge >= 0.3 is 5.97 Å². The normalized spacial score (nSPS) is 22.2. The summed E-state index contributed by atoms with van der Waals surface area (Å²) in [5.41, 5.74) is 0.774. The van der Waals surface area contributed by atoms with Crippen molar-refractivity contribution in [2.24, 2.45) is 5.92 Å². The molecule has 1 aliphatic rings. The summed E-state index contributed by atoms with van der Waals surface area (Å²) in [4.78, 5) is 23.0. The molecule has 2 atom stereocenters. The summed E-state index contributed by atoms with van der Waals surface area (Å²) in [6, 6.07) is 6.90. The van der Waals surface area contributed by atoms with Crippen molar-refractivity contribution in [3.05, 3.63) is 35.4 Å². The van der Waals surface area contributed by atoms with Gasteiger partial charge in [-0.15, -0.1) is 0 Å². The lowest BCUT2D eigenvalue weighted by atomic mass is 10.0. The summed E-state index contributed by atoms with van der Waals surface area (Å²) in [6.07, 6.45) is 3.32. The van der Waals surface area contributed by atoms with Crippen LogP contribution >= 0.6 is 0 Å². The van der Waals surface area contributed by atoms with Crippen LogP contribution in [0.15, 0.2) is 24.3 Å². The van der Waals surface area contributed by atoms with Crippen LogP contribution in [0.4, 0.5) is 0 Å². The Kier molecular flexibility index (Phi) is 4.20. The highest BCUT2D eigenvalue weighted by Gasteiger charge is 2.23. The average Bonchev–Trinajstić information content (AvgIpc) is 2.75. The van der Waals surface area contributed by atoms with E-state index in [1.807, 2.05) is 0 Å². The van der Waals surface area contributed by atoms with Crippen LogP contribution in [0.25, 0.3) is 0 Å². The summed E-state index contributed by atoms with van der Waals surface area (Å²) in [6.45, 7) is 2.19. The van der Waals surface area contributed by atoms with E-state index < -0.39 is 5.97 Å². The zero-order valence-corrected chi connectivity index (χ0v) is 11.1. The Hall–Kier alpha value is -1.84. The molecule has 2 rings (SSSR count). The van der Waals surface area contributed by atoms with Crippen LogP contribution in [-0.2, 0) is 11.2 Å². The predicted octanol–water partition coefficient (Wildman–Crippen LogP) is 2.23. The molecule has 1 aliphatic carbocycles. The maximum Gasteiger partial charge on any atom is 0.335 e. The van der Waals surface area contributed by atoms with E-state index in [0.717, 1.165) is 19.3 Å². The van der Waals surface area contributed by atoms with E-state index in [4.69, 9.17) is 5.11 Å². The molecular formula is C15H19NO3. The van der Waals surface area contributed by atoms with Gasteiger partial charge in [0.05, 0.1) is 12.0 Å². The van der Waals surface area contributed by atoms with E-state index in [1.54, 1.807) is 18.2 Å². The van der Waals surface area contributed by atoms with E-state index in [-0.39, 0.29) is 23.9 Å². The summed E-state index contributed by atoms with van der Waals surface area (Å²) in [5.74, 6) is -0.415. The topological polar surface area (TPSA) is 66.4 Å². The number of amides is 1. The van der Waals surface area contributed by atoms with E-state index in [0.29, 0.717) is 11.5 Å². The monoisotopic (exact) mass is 261 g/mol. The van der Waals surface area contributed by atoms with Crippen LogP contribution in [0.2, 0.25) is 0 Å². The van der Waals surface area contributed by atoms with Gasteiger partial charge in [-0.25, -0.2) is 4.79 Å². The van der Waals surface area contributed by atoms with Gasteiger partial charge in [0.1, 0.15) is 0 Å². The SMILES string of the molecule is CC1CCC(NC(=O)Cc2ccccc2C(=O)O)C1. The third-order valence-electron chi connectivity index (χ3n) is 3.66. The van der Waals surface area contributed by atoms with Crippen molar-refractivity contribution in [2.45, 2.75) is 38.6 Å². The Morgan fingerprint density at radius 2 is 2.05 bits per heavy atom. The Balaban J connectivity index is 1.97. The Bertz CT molecular complexity index is 484. The van der Waals surface area contributed by atoms with Crippen molar-refractivity contribution in [1.82, 2.24) is 5.32 Å². The minimum atomic E-state index is -0.988. The fourth-order valence-electron chi connectivity index (χ4n) is 2.67. The minimum Gasteiger partial charge on any atom is -0.478 e. The van der Waals surface area contributed by atoms with Crippen LogP contribution in [-0.4, -0.2) is 23.0 Å². The van der Waals surface area contributed by atoms with Crippen LogP contribution in [0.1, 0.15) is 42.1 Å². The van der Waals surface area contributed by atoms with Crippen molar-refractivity contribution < 1.29 is 14.7 Å². The molecular weight excluding hydrogens is 242 g/mol. The van der Waals surface area contributed by atoms with Crippen molar-refractivity contribution in [1.29, 1.82) is 0 Å². The molecule has 1 saturated carbocycles. The van der Waals surface area contributed by atoms with Crippen LogP contribution < -0.4 is 5.32 Å². The predicted molar refractivity (Wildman–Crippen MR) is 72.1 cm³/mol. The zero-order chi connectivity index (χ0) is 13.8. The van der Waals surface area contributed by atoms with Gasteiger partial charge in [0.25, 0.3) is 0 Å². The summed E-state index contributed by atoms with van der Waals surface area (Å²) < 4.78 is 0.